The number of methoxy groups -OCH3 is 1. The summed E-state index contributed by atoms with van der Waals surface area (Å²) in [5.41, 5.74) is 0.967. The second kappa shape index (κ2) is 8.03. The third-order valence-electron chi connectivity index (χ3n) is 4.23. The number of nitrogens with zero attached hydrogens (tertiary/aromatic N) is 1. The van der Waals surface area contributed by atoms with E-state index in [1.165, 1.54) is 25.3 Å². The fourth-order valence-corrected chi connectivity index (χ4v) is 2.94. The summed E-state index contributed by atoms with van der Waals surface area (Å²) >= 11 is 0. The SMILES string of the molecule is CCN(C(=O)c1ccc(OC)c(OC(F)F)c1)c1ccc2ccccc2c1. The molecule has 0 heterocycles. The topological polar surface area (TPSA) is 38.8 Å². The minimum absolute atomic E-state index is 0.139. The molecule has 3 aromatic rings. The Bertz CT molecular complexity index is 959. The normalized spacial score (nSPS) is 10.9. The van der Waals surface area contributed by atoms with Crippen LogP contribution < -0.4 is 14.4 Å². The Morgan fingerprint density at radius 3 is 2.41 bits per heavy atom. The van der Waals surface area contributed by atoms with Crippen molar-refractivity contribution < 1.29 is 23.0 Å². The van der Waals surface area contributed by atoms with Crippen LogP contribution >= 0.6 is 0 Å². The van der Waals surface area contributed by atoms with Gasteiger partial charge in [0.1, 0.15) is 0 Å². The van der Waals surface area contributed by atoms with Gasteiger partial charge >= 0.3 is 6.61 Å². The maximum absolute atomic E-state index is 13.0. The van der Waals surface area contributed by atoms with E-state index in [0.29, 0.717) is 6.54 Å². The first kappa shape index (κ1) is 18.6. The van der Waals surface area contributed by atoms with Crippen LogP contribution in [0.1, 0.15) is 17.3 Å². The van der Waals surface area contributed by atoms with Gasteiger partial charge in [0.2, 0.25) is 0 Å². The van der Waals surface area contributed by atoms with E-state index in [9.17, 15) is 13.6 Å². The number of hydrogen-bond donors (Lipinski definition) is 0. The Labute approximate surface area is 155 Å². The molecule has 4 nitrogen and oxygen atoms in total. The fourth-order valence-electron chi connectivity index (χ4n) is 2.94. The van der Waals surface area contributed by atoms with E-state index in [2.05, 4.69) is 4.74 Å². The maximum Gasteiger partial charge on any atom is 0.387 e. The van der Waals surface area contributed by atoms with Gasteiger partial charge in [-0.25, -0.2) is 0 Å². The molecule has 27 heavy (non-hydrogen) atoms. The Hall–Kier alpha value is -3.15. The van der Waals surface area contributed by atoms with Crippen LogP contribution in [-0.2, 0) is 0 Å². The highest BCUT2D eigenvalue weighted by atomic mass is 19.3. The van der Waals surface area contributed by atoms with E-state index in [4.69, 9.17) is 4.74 Å². The molecular weight excluding hydrogens is 352 g/mol. The second-order valence-electron chi connectivity index (χ2n) is 5.83. The number of halogens is 2. The number of rotatable bonds is 6. The number of carbonyl (C=O) groups is 1. The third kappa shape index (κ3) is 4.00. The second-order valence-corrected chi connectivity index (χ2v) is 5.83. The average molecular weight is 371 g/mol. The van der Waals surface area contributed by atoms with Crippen LogP contribution in [0.15, 0.2) is 60.7 Å². The highest BCUT2D eigenvalue weighted by Crippen LogP contribution is 2.31. The van der Waals surface area contributed by atoms with Crippen molar-refractivity contribution in [3.8, 4) is 11.5 Å². The number of amides is 1. The van der Waals surface area contributed by atoms with E-state index in [1.807, 2.05) is 49.4 Å². The van der Waals surface area contributed by atoms with Crippen molar-refractivity contribution in [3.05, 3.63) is 66.2 Å². The number of benzene rings is 3. The average Bonchev–Trinajstić information content (AvgIpc) is 2.68. The molecule has 0 radical (unpaired) electrons. The largest absolute Gasteiger partial charge is 0.493 e. The number of hydrogen-bond acceptors (Lipinski definition) is 3. The van der Waals surface area contributed by atoms with Crippen LogP contribution in [-0.4, -0.2) is 26.2 Å². The molecule has 0 atom stereocenters. The fraction of sp³-hybridized carbons (Fsp3) is 0.190. The maximum atomic E-state index is 13.0. The van der Waals surface area contributed by atoms with Gasteiger partial charge in [-0.05, 0) is 48.0 Å². The Morgan fingerprint density at radius 2 is 1.74 bits per heavy atom. The van der Waals surface area contributed by atoms with Crippen LogP contribution in [0.25, 0.3) is 10.8 Å². The standard InChI is InChI=1S/C21H19F2NO3/c1-3-24(17-10-8-14-6-4-5-7-15(14)12-17)20(25)16-9-11-18(26-2)19(13-16)27-21(22)23/h4-13,21H,3H2,1-2H3. The smallest absolute Gasteiger partial charge is 0.387 e. The van der Waals surface area contributed by atoms with Crippen LogP contribution in [0, 0.1) is 0 Å². The molecule has 0 aliphatic rings. The molecule has 0 saturated carbocycles. The molecule has 0 saturated heterocycles. The predicted octanol–water partition coefficient (Wildman–Crippen LogP) is 5.12. The zero-order chi connectivity index (χ0) is 19.4. The van der Waals surface area contributed by atoms with E-state index in [-0.39, 0.29) is 23.0 Å². The Balaban J connectivity index is 1.96. The zero-order valence-corrected chi connectivity index (χ0v) is 15.0. The molecule has 1 amide bonds. The third-order valence-corrected chi connectivity index (χ3v) is 4.23. The molecule has 6 heteroatoms. The summed E-state index contributed by atoms with van der Waals surface area (Å²) < 4.78 is 34.8. The summed E-state index contributed by atoms with van der Waals surface area (Å²) in [6.45, 7) is -0.728. The number of fused-ring (bicyclic) bond motifs is 1. The molecule has 0 fully saturated rings. The van der Waals surface area contributed by atoms with Crippen molar-refractivity contribution in [2.75, 3.05) is 18.6 Å². The highest BCUT2D eigenvalue weighted by Gasteiger charge is 2.20. The van der Waals surface area contributed by atoms with Gasteiger partial charge in [-0.2, -0.15) is 8.78 Å². The molecule has 0 bridgehead atoms. The Kier molecular flexibility index (Phi) is 5.54. The lowest BCUT2D eigenvalue weighted by Gasteiger charge is -2.22. The molecule has 0 aromatic heterocycles. The van der Waals surface area contributed by atoms with Crippen molar-refractivity contribution in [1.82, 2.24) is 0 Å². The summed E-state index contributed by atoms with van der Waals surface area (Å²) in [6.07, 6.45) is 0. The van der Waals surface area contributed by atoms with Gasteiger partial charge in [0.25, 0.3) is 5.91 Å². The van der Waals surface area contributed by atoms with Crippen LogP contribution in [0.2, 0.25) is 0 Å². The van der Waals surface area contributed by atoms with Gasteiger partial charge in [0.05, 0.1) is 7.11 Å². The van der Waals surface area contributed by atoms with Gasteiger partial charge in [0.15, 0.2) is 11.5 Å². The molecule has 0 spiro atoms. The van der Waals surface area contributed by atoms with Crippen molar-refractivity contribution in [3.63, 3.8) is 0 Å². The molecule has 140 valence electrons. The summed E-state index contributed by atoms with van der Waals surface area (Å²) in [4.78, 5) is 14.6. The first-order valence-corrected chi connectivity index (χ1v) is 8.47. The Morgan fingerprint density at radius 1 is 1.00 bits per heavy atom. The van der Waals surface area contributed by atoms with Gasteiger partial charge in [0, 0.05) is 17.8 Å². The van der Waals surface area contributed by atoms with E-state index >= 15 is 0 Å². The van der Waals surface area contributed by atoms with Crippen LogP contribution in [0.4, 0.5) is 14.5 Å². The van der Waals surface area contributed by atoms with Crippen LogP contribution in [0.3, 0.4) is 0 Å². The van der Waals surface area contributed by atoms with Crippen molar-refractivity contribution in [1.29, 1.82) is 0 Å². The number of ether oxygens (including phenoxy) is 2. The molecular formula is C21H19F2NO3. The van der Waals surface area contributed by atoms with Gasteiger partial charge in [-0.3, -0.25) is 4.79 Å². The van der Waals surface area contributed by atoms with Crippen LogP contribution in [0.5, 0.6) is 11.5 Å². The first-order valence-electron chi connectivity index (χ1n) is 8.47. The van der Waals surface area contributed by atoms with Gasteiger partial charge in [-0.1, -0.05) is 30.3 Å². The molecule has 0 aliphatic carbocycles. The summed E-state index contributed by atoms with van der Waals surface area (Å²) in [5.74, 6) is -0.344. The van der Waals surface area contributed by atoms with Crippen molar-refractivity contribution in [2.45, 2.75) is 13.5 Å². The first-order chi connectivity index (χ1) is 13.0. The van der Waals surface area contributed by atoms with E-state index in [1.54, 1.807) is 4.90 Å². The van der Waals surface area contributed by atoms with Crippen molar-refractivity contribution in [2.24, 2.45) is 0 Å². The molecule has 3 aromatic carbocycles. The zero-order valence-electron chi connectivity index (χ0n) is 15.0. The minimum atomic E-state index is -3.01. The monoisotopic (exact) mass is 371 g/mol. The van der Waals surface area contributed by atoms with E-state index in [0.717, 1.165) is 16.5 Å². The number of carbonyl (C=O) groups excluding carboxylic acids is 1. The lowest BCUT2D eigenvalue weighted by atomic mass is 10.1. The molecule has 0 unspecified atom stereocenters. The number of alkyl halides is 2. The quantitative estimate of drug-likeness (QED) is 0.604. The predicted molar refractivity (Wildman–Crippen MR) is 101 cm³/mol. The number of anilines is 1. The van der Waals surface area contributed by atoms with Crippen molar-refractivity contribution >= 4 is 22.4 Å². The highest BCUT2D eigenvalue weighted by molar-refractivity contribution is 6.07. The summed E-state index contributed by atoms with van der Waals surface area (Å²) in [7, 11) is 1.35. The molecule has 0 aliphatic heterocycles. The van der Waals surface area contributed by atoms with Gasteiger partial charge in [-0.15, -0.1) is 0 Å². The van der Waals surface area contributed by atoms with E-state index < -0.39 is 6.61 Å². The summed E-state index contributed by atoms with van der Waals surface area (Å²) in [5, 5.41) is 2.08. The lowest BCUT2D eigenvalue weighted by molar-refractivity contribution is -0.0512. The summed E-state index contributed by atoms with van der Waals surface area (Å²) in [6, 6.07) is 17.8. The van der Waals surface area contributed by atoms with Gasteiger partial charge < -0.3 is 14.4 Å². The lowest BCUT2D eigenvalue weighted by Crippen LogP contribution is -2.30. The molecule has 3 rings (SSSR count). The molecule has 0 N–H and O–H groups in total. The minimum Gasteiger partial charge on any atom is -0.493 e.